The van der Waals surface area contributed by atoms with E-state index in [1.165, 1.54) is 6.20 Å². The smallest absolute Gasteiger partial charge is 0.249 e. The van der Waals surface area contributed by atoms with Gasteiger partial charge in [0.25, 0.3) is 0 Å². The van der Waals surface area contributed by atoms with Crippen LogP contribution in [0.15, 0.2) is 48.7 Å². The van der Waals surface area contributed by atoms with E-state index >= 15 is 0 Å². The number of hydrogen-bond donors (Lipinski definition) is 2. The molecule has 6 nitrogen and oxygen atoms in total. The number of nitrogens with zero attached hydrogens (tertiary/aromatic N) is 3. The summed E-state index contributed by atoms with van der Waals surface area (Å²) in [4.78, 5) is 4.36. The molecule has 24 heavy (non-hydrogen) atoms. The van der Waals surface area contributed by atoms with E-state index in [0.29, 0.717) is 33.2 Å². The van der Waals surface area contributed by atoms with Crippen molar-refractivity contribution in [3.05, 3.63) is 58.7 Å². The third-order valence-corrected chi connectivity index (χ3v) is 3.84. The van der Waals surface area contributed by atoms with Gasteiger partial charge in [-0.25, -0.2) is 0 Å². The zero-order chi connectivity index (χ0) is 16.9. The molecule has 0 bridgehead atoms. The van der Waals surface area contributed by atoms with Crippen molar-refractivity contribution < 1.29 is 4.74 Å². The highest BCUT2D eigenvalue weighted by atomic mass is 35.5. The van der Waals surface area contributed by atoms with E-state index in [4.69, 9.17) is 27.9 Å². The monoisotopic (exact) mass is 361 g/mol. The topological polar surface area (TPSA) is 72.0 Å². The number of rotatable bonds is 5. The van der Waals surface area contributed by atoms with Crippen LogP contribution in [-0.4, -0.2) is 22.3 Å². The third-order valence-electron chi connectivity index (χ3n) is 3.10. The largest absolute Gasteiger partial charge is 0.495 e. The van der Waals surface area contributed by atoms with Gasteiger partial charge >= 0.3 is 0 Å². The molecule has 1 aromatic heterocycles. The predicted molar refractivity (Wildman–Crippen MR) is 95.8 cm³/mol. The van der Waals surface area contributed by atoms with Gasteiger partial charge in [-0.15, -0.1) is 5.10 Å². The van der Waals surface area contributed by atoms with Crippen molar-refractivity contribution in [2.75, 3.05) is 17.7 Å². The number of aromatic nitrogens is 3. The van der Waals surface area contributed by atoms with Crippen molar-refractivity contribution >= 4 is 46.3 Å². The summed E-state index contributed by atoms with van der Waals surface area (Å²) in [6, 6.07) is 12.7. The van der Waals surface area contributed by atoms with E-state index in [2.05, 4.69) is 25.8 Å². The summed E-state index contributed by atoms with van der Waals surface area (Å²) in [7, 11) is 1.61. The molecule has 2 aromatic carbocycles. The molecular formula is C16H13Cl2N5O. The molecule has 2 N–H and O–H groups in total. The number of benzene rings is 2. The number of halogens is 2. The minimum atomic E-state index is 0.327. The Hall–Kier alpha value is -2.57. The summed E-state index contributed by atoms with van der Waals surface area (Å²) in [5, 5.41) is 15.0. The van der Waals surface area contributed by atoms with E-state index in [0.717, 1.165) is 5.69 Å². The molecule has 0 atom stereocenters. The van der Waals surface area contributed by atoms with Gasteiger partial charge in [0.2, 0.25) is 5.95 Å². The lowest BCUT2D eigenvalue weighted by Crippen LogP contribution is -2.03. The lowest BCUT2D eigenvalue weighted by atomic mass is 10.3. The van der Waals surface area contributed by atoms with Gasteiger partial charge in [0, 0.05) is 5.69 Å². The summed E-state index contributed by atoms with van der Waals surface area (Å²) >= 11 is 11.9. The highest BCUT2D eigenvalue weighted by Crippen LogP contribution is 2.28. The summed E-state index contributed by atoms with van der Waals surface area (Å²) in [5.74, 6) is 1.56. The lowest BCUT2D eigenvalue weighted by molar-refractivity contribution is 0.417. The van der Waals surface area contributed by atoms with Gasteiger partial charge in [-0.05, 0) is 30.3 Å². The number of nitrogens with one attached hydrogen (secondary N) is 2. The minimum Gasteiger partial charge on any atom is -0.495 e. The number of methoxy groups -OCH3 is 1. The molecule has 3 rings (SSSR count). The molecular weight excluding hydrogens is 349 g/mol. The van der Waals surface area contributed by atoms with Crippen molar-refractivity contribution in [3.63, 3.8) is 0 Å². The van der Waals surface area contributed by atoms with Crippen LogP contribution in [-0.2, 0) is 0 Å². The summed E-state index contributed by atoms with van der Waals surface area (Å²) in [6.45, 7) is 0. The summed E-state index contributed by atoms with van der Waals surface area (Å²) in [6.07, 6.45) is 1.52. The fraction of sp³-hybridized carbons (Fsp3) is 0.0625. The average Bonchev–Trinajstić information content (AvgIpc) is 2.59. The van der Waals surface area contributed by atoms with E-state index in [9.17, 15) is 0 Å². The first kappa shape index (κ1) is 16.3. The Bertz CT molecular complexity index is 859. The van der Waals surface area contributed by atoms with Crippen LogP contribution in [0.1, 0.15) is 0 Å². The first-order valence-electron chi connectivity index (χ1n) is 6.97. The Morgan fingerprint density at radius 1 is 1.00 bits per heavy atom. The van der Waals surface area contributed by atoms with Gasteiger partial charge in [-0.1, -0.05) is 35.3 Å². The van der Waals surface area contributed by atoms with Crippen LogP contribution in [0.3, 0.4) is 0 Å². The molecule has 0 radical (unpaired) electrons. The molecule has 0 saturated carbocycles. The zero-order valence-electron chi connectivity index (χ0n) is 12.6. The Kier molecular flexibility index (Phi) is 4.98. The maximum atomic E-state index is 6.00. The average molecular weight is 362 g/mol. The SMILES string of the molecule is COc1ccccc1Nc1cnnc(Nc2ccc(Cl)c(Cl)c2)n1. The highest BCUT2D eigenvalue weighted by Gasteiger charge is 2.06. The van der Waals surface area contributed by atoms with Crippen LogP contribution in [0.5, 0.6) is 5.75 Å². The van der Waals surface area contributed by atoms with Crippen LogP contribution in [0, 0.1) is 0 Å². The second-order valence-electron chi connectivity index (χ2n) is 4.74. The Morgan fingerprint density at radius 2 is 1.83 bits per heavy atom. The molecule has 0 aliphatic rings. The van der Waals surface area contributed by atoms with Crippen molar-refractivity contribution in [1.29, 1.82) is 0 Å². The molecule has 3 aromatic rings. The molecule has 0 aliphatic heterocycles. The third kappa shape index (κ3) is 3.84. The Balaban J connectivity index is 1.80. The maximum absolute atomic E-state index is 6.00. The van der Waals surface area contributed by atoms with Gasteiger partial charge < -0.3 is 15.4 Å². The zero-order valence-corrected chi connectivity index (χ0v) is 14.1. The number of para-hydroxylation sites is 2. The van der Waals surface area contributed by atoms with Crippen molar-refractivity contribution in [2.24, 2.45) is 0 Å². The van der Waals surface area contributed by atoms with E-state index < -0.39 is 0 Å². The van der Waals surface area contributed by atoms with E-state index in [1.54, 1.807) is 25.3 Å². The fourth-order valence-electron chi connectivity index (χ4n) is 2.01. The lowest BCUT2D eigenvalue weighted by Gasteiger charge is -2.11. The Morgan fingerprint density at radius 3 is 2.62 bits per heavy atom. The first-order valence-corrected chi connectivity index (χ1v) is 7.73. The number of ether oxygens (including phenoxy) is 1. The quantitative estimate of drug-likeness (QED) is 0.687. The van der Waals surface area contributed by atoms with Crippen molar-refractivity contribution in [2.45, 2.75) is 0 Å². The van der Waals surface area contributed by atoms with Crippen molar-refractivity contribution in [1.82, 2.24) is 15.2 Å². The molecule has 0 spiro atoms. The van der Waals surface area contributed by atoms with E-state index in [1.807, 2.05) is 24.3 Å². The van der Waals surface area contributed by atoms with Gasteiger partial charge in [0.05, 0.1) is 29.0 Å². The fourth-order valence-corrected chi connectivity index (χ4v) is 2.30. The Labute approximate surface area is 148 Å². The molecule has 0 saturated heterocycles. The van der Waals surface area contributed by atoms with Gasteiger partial charge in [0.15, 0.2) is 5.82 Å². The predicted octanol–water partition coefficient (Wildman–Crippen LogP) is 4.67. The van der Waals surface area contributed by atoms with Crippen LogP contribution < -0.4 is 15.4 Å². The first-order chi connectivity index (χ1) is 11.7. The minimum absolute atomic E-state index is 0.327. The molecule has 8 heteroatoms. The second kappa shape index (κ2) is 7.33. The van der Waals surface area contributed by atoms with Crippen LogP contribution in [0.2, 0.25) is 10.0 Å². The van der Waals surface area contributed by atoms with Crippen LogP contribution >= 0.6 is 23.2 Å². The number of hydrogen-bond acceptors (Lipinski definition) is 6. The van der Waals surface area contributed by atoms with Gasteiger partial charge in [-0.3, -0.25) is 0 Å². The molecule has 0 fully saturated rings. The molecule has 0 unspecified atom stereocenters. The van der Waals surface area contributed by atoms with Gasteiger partial charge in [-0.2, -0.15) is 10.1 Å². The van der Waals surface area contributed by atoms with Crippen LogP contribution in [0.4, 0.5) is 23.1 Å². The van der Waals surface area contributed by atoms with E-state index in [-0.39, 0.29) is 0 Å². The van der Waals surface area contributed by atoms with Crippen LogP contribution in [0.25, 0.3) is 0 Å². The molecule has 0 aliphatic carbocycles. The second-order valence-corrected chi connectivity index (χ2v) is 5.56. The normalized spacial score (nSPS) is 10.3. The summed E-state index contributed by atoms with van der Waals surface area (Å²) < 4.78 is 5.30. The summed E-state index contributed by atoms with van der Waals surface area (Å²) in [5.41, 5.74) is 1.49. The number of anilines is 4. The highest BCUT2D eigenvalue weighted by molar-refractivity contribution is 6.42. The molecule has 122 valence electrons. The maximum Gasteiger partial charge on any atom is 0.249 e. The van der Waals surface area contributed by atoms with Crippen molar-refractivity contribution in [3.8, 4) is 5.75 Å². The standard InChI is InChI=1S/C16H13Cl2N5O/c1-24-14-5-3-2-4-13(14)21-15-9-19-23-16(22-15)20-10-6-7-11(17)12(18)8-10/h2-9H,1H3,(H2,20,21,22,23). The molecule has 0 amide bonds. The van der Waals surface area contributed by atoms with Gasteiger partial charge in [0.1, 0.15) is 5.75 Å². The molecule has 1 heterocycles.